The molecular formula is C15H23NO2. The second-order valence-corrected chi connectivity index (χ2v) is 5.87. The summed E-state index contributed by atoms with van der Waals surface area (Å²) in [6, 6.07) is 5.39. The third-order valence-electron chi connectivity index (χ3n) is 3.30. The molecule has 3 heteroatoms. The molecule has 1 rings (SSSR count). The van der Waals surface area contributed by atoms with Crippen molar-refractivity contribution in [3.8, 4) is 0 Å². The van der Waals surface area contributed by atoms with Crippen LogP contribution in [0.4, 0.5) is 0 Å². The van der Waals surface area contributed by atoms with E-state index in [1.54, 1.807) is 0 Å². The Labute approximate surface area is 109 Å². The van der Waals surface area contributed by atoms with Gasteiger partial charge < -0.3 is 10.4 Å². The molecule has 2 N–H and O–H groups in total. The highest BCUT2D eigenvalue weighted by atomic mass is 16.3. The van der Waals surface area contributed by atoms with E-state index in [1.807, 2.05) is 52.8 Å². The Hall–Kier alpha value is -1.35. The molecule has 0 aromatic heterocycles. The third-order valence-corrected chi connectivity index (χ3v) is 3.30. The number of nitrogens with one attached hydrogen (secondary N) is 1. The Morgan fingerprint density at radius 1 is 1.28 bits per heavy atom. The Balaban J connectivity index is 2.85. The molecule has 0 fully saturated rings. The lowest BCUT2D eigenvalue weighted by Gasteiger charge is -2.29. The molecule has 0 saturated heterocycles. The number of rotatable bonds is 3. The van der Waals surface area contributed by atoms with Gasteiger partial charge in [0.15, 0.2) is 0 Å². The van der Waals surface area contributed by atoms with E-state index in [-0.39, 0.29) is 24.0 Å². The highest BCUT2D eigenvalue weighted by Crippen LogP contribution is 2.19. The molecule has 0 aliphatic carbocycles. The zero-order valence-corrected chi connectivity index (χ0v) is 11.9. The van der Waals surface area contributed by atoms with Crippen molar-refractivity contribution in [1.29, 1.82) is 0 Å². The number of aliphatic hydroxyl groups excluding tert-OH is 1. The third kappa shape index (κ3) is 3.57. The van der Waals surface area contributed by atoms with Gasteiger partial charge in [0, 0.05) is 5.56 Å². The van der Waals surface area contributed by atoms with Gasteiger partial charge in [-0.2, -0.15) is 0 Å². The summed E-state index contributed by atoms with van der Waals surface area (Å²) in [4.78, 5) is 12.1. The predicted octanol–water partition coefficient (Wildman–Crippen LogP) is 2.44. The lowest BCUT2D eigenvalue weighted by Crippen LogP contribution is -2.46. The van der Waals surface area contributed by atoms with Crippen LogP contribution in [0.3, 0.4) is 0 Å². The maximum absolute atomic E-state index is 12.1. The fourth-order valence-corrected chi connectivity index (χ4v) is 1.66. The van der Waals surface area contributed by atoms with Gasteiger partial charge in [0.2, 0.25) is 0 Å². The van der Waals surface area contributed by atoms with Gasteiger partial charge in [-0.05, 0) is 42.5 Å². The average molecular weight is 249 g/mol. The predicted molar refractivity (Wildman–Crippen MR) is 73.7 cm³/mol. The van der Waals surface area contributed by atoms with Crippen LogP contribution in [0.2, 0.25) is 0 Å². The van der Waals surface area contributed by atoms with Gasteiger partial charge in [-0.15, -0.1) is 0 Å². The lowest BCUT2D eigenvalue weighted by molar-refractivity contribution is 0.0848. The summed E-state index contributed by atoms with van der Waals surface area (Å²) in [6.45, 7) is 9.93. The maximum Gasteiger partial charge on any atom is 0.251 e. The molecule has 0 unspecified atom stereocenters. The number of aliphatic hydroxyl groups is 1. The molecule has 0 aliphatic rings. The normalized spacial score (nSPS) is 13.2. The summed E-state index contributed by atoms with van der Waals surface area (Å²) in [6.07, 6.45) is 0. The standard InChI is InChI=1S/C15H23NO2/c1-10-6-7-12(8-11(10)2)14(18)16-13(9-17)15(3,4)5/h6-8,13,17H,9H2,1-5H3,(H,16,18)/t13-/m1/s1. The molecule has 0 spiro atoms. The molecule has 0 bridgehead atoms. The molecule has 0 radical (unpaired) electrons. The van der Waals surface area contributed by atoms with Crippen LogP contribution in [0.15, 0.2) is 18.2 Å². The van der Waals surface area contributed by atoms with Gasteiger partial charge in [-0.25, -0.2) is 0 Å². The first-order valence-corrected chi connectivity index (χ1v) is 6.24. The summed E-state index contributed by atoms with van der Waals surface area (Å²) >= 11 is 0. The number of hydrogen-bond acceptors (Lipinski definition) is 2. The summed E-state index contributed by atoms with van der Waals surface area (Å²) < 4.78 is 0. The number of amides is 1. The molecule has 3 nitrogen and oxygen atoms in total. The second kappa shape index (κ2) is 5.53. The molecule has 18 heavy (non-hydrogen) atoms. The van der Waals surface area contributed by atoms with Crippen molar-refractivity contribution in [3.63, 3.8) is 0 Å². The van der Waals surface area contributed by atoms with Crippen molar-refractivity contribution in [1.82, 2.24) is 5.32 Å². The van der Waals surface area contributed by atoms with Gasteiger partial charge in [0.25, 0.3) is 5.91 Å². The summed E-state index contributed by atoms with van der Waals surface area (Å²) in [5.41, 5.74) is 2.74. The van der Waals surface area contributed by atoms with Crippen molar-refractivity contribution in [3.05, 3.63) is 34.9 Å². The largest absolute Gasteiger partial charge is 0.394 e. The molecule has 1 aromatic carbocycles. The van der Waals surface area contributed by atoms with Crippen molar-refractivity contribution >= 4 is 5.91 Å². The molecule has 1 atom stereocenters. The van der Waals surface area contributed by atoms with E-state index in [4.69, 9.17) is 0 Å². The van der Waals surface area contributed by atoms with Crippen molar-refractivity contribution < 1.29 is 9.90 Å². The topological polar surface area (TPSA) is 49.3 Å². The first-order chi connectivity index (χ1) is 8.25. The van der Waals surface area contributed by atoms with E-state index in [2.05, 4.69) is 5.32 Å². The van der Waals surface area contributed by atoms with Gasteiger partial charge >= 0.3 is 0 Å². The Morgan fingerprint density at radius 3 is 2.33 bits per heavy atom. The van der Waals surface area contributed by atoms with Crippen LogP contribution in [0.25, 0.3) is 0 Å². The van der Waals surface area contributed by atoms with E-state index in [1.165, 1.54) is 5.56 Å². The highest BCUT2D eigenvalue weighted by molar-refractivity contribution is 5.94. The fraction of sp³-hybridized carbons (Fsp3) is 0.533. The van der Waals surface area contributed by atoms with Crippen LogP contribution in [-0.2, 0) is 0 Å². The number of carbonyl (C=O) groups is 1. The van der Waals surface area contributed by atoms with E-state index in [0.717, 1.165) is 5.56 Å². The fourth-order valence-electron chi connectivity index (χ4n) is 1.66. The Bertz CT molecular complexity index is 433. The quantitative estimate of drug-likeness (QED) is 0.864. The molecule has 1 amide bonds. The van der Waals surface area contributed by atoms with E-state index < -0.39 is 0 Å². The minimum Gasteiger partial charge on any atom is -0.394 e. The van der Waals surface area contributed by atoms with Gasteiger partial charge in [-0.3, -0.25) is 4.79 Å². The van der Waals surface area contributed by atoms with Crippen LogP contribution in [0.1, 0.15) is 42.3 Å². The number of benzene rings is 1. The lowest BCUT2D eigenvalue weighted by atomic mass is 9.87. The van der Waals surface area contributed by atoms with Crippen LogP contribution in [0, 0.1) is 19.3 Å². The molecule has 100 valence electrons. The molecular weight excluding hydrogens is 226 g/mol. The number of hydrogen-bond donors (Lipinski definition) is 2. The first-order valence-electron chi connectivity index (χ1n) is 6.24. The van der Waals surface area contributed by atoms with E-state index in [9.17, 15) is 9.90 Å². The zero-order valence-electron chi connectivity index (χ0n) is 11.9. The van der Waals surface area contributed by atoms with Gasteiger partial charge in [-0.1, -0.05) is 26.8 Å². The molecule has 0 aliphatic heterocycles. The van der Waals surface area contributed by atoms with Crippen molar-refractivity contribution in [2.24, 2.45) is 5.41 Å². The van der Waals surface area contributed by atoms with Gasteiger partial charge in [0.1, 0.15) is 0 Å². The first kappa shape index (κ1) is 14.7. The maximum atomic E-state index is 12.1. The van der Waals surface area contributed by atoms with Crippen molar-refractivity contribution in [2.75, 3.05) is 6.61 Å². The molecule has 1 aromatic rings. The average Bonchev–Trinajstić information content (AvgIpc) is 2.27. The Morgan fingerprint density at radius 2 is 1.89 bits per heavy atom. The zero-order chi connectivity index (χ0) is 13.9. The SMILES string of the molecule is Cc1ccc(C(=O)N[C@H](CO)C(C)(C)C)cc1C. The summed E-state index contributed by atoms with van der Waals surface area (Å²) in [5.74, 6) is -0.132. The Kier molecular flexibility index (Phi) is 4.52. The minimum absolute atomic E-state index is 0.0555. The minimum atomic E-state index is -0.244. The number of carbonyl (C=O) groups excluding carboxylic acids is 1. The van der Waals surface area contributed by atoms with Gasteiger partial charge in [0.05, 0.1) is 12.6 Å². The summed E-state index contributed by atoms with van der Waals surface area (Å²) in [7, 11) is 0. The van der Waals surface area contributed by atoms with E-state index in [0.29, 0.717) is 5.56 Å². The number of aryl methyl sites for hydroxylation is 2. The molecule has 0 heterocycles. The van der Waals surface area contributed by atoms with E-state index >= 15 is 0 Å². The van der Waals surface area contributed by atoms with Crippen LogP contribution < -0.4 is 5.32 Å². The molecule has 0 saturated carbocycles. The summed E-state index contributed by atoms with van der Waals surface area (Å²) in [5, 5.41) is 12.2. The van der Waals surface area contributed by atoms with Crippen LogP contribution in [0.5, 0.6) is 0 Å². The smallest absolute Gasteiger partial charge is 0.251 e. The second-order valence-electron chi connectivity index (χ2n) is 5.87. The van der Waals surface area contributed by atoms with Crippen LogP contribution >= 0.6 is 0 Å². The van der Waals surface area contributed by atoms with Crippen LogP contribution in [-0.4, -0.2) is 23.7 Å². The van der Waals surface area contributed by atoms with Crippen molar-refractivity contribution in [2.45, 2.75) is 40.7 Å². The highest BCUT2D eigenvalue weighted by Gasteiger charge is 2.25. The monoisotopic (exact) mass is 249 g/mol.